The summed E-state index contributed by atoms with van der Waals surface area (Å²) < 4.78 is 2.03. The molecule has 0 bridgehead atoms. The number of nitrogens with zero attached hydrogens (tertiary/aromatic N) is 5. The van der Waals surface area contributed by atoms with Crippen molar-refractivity contribution < 1.29 is 19.5 Å². The molecular weight excluding hydrogens is 482 g/mol. The van der Waals surface area contributed by atoms with Crippen LogP contribution in [0.15, 0.2) is 60.6 Å². The maximum atomic E-state index is 13.5. The third-order valence-electron chi connectivity index (χ3n) is 6.55. The van der Waals surface area contributed by atoms with Crippen LogP contribution in [0.25, 0.3) is 6.08 Å². The molecule has 0 radical (unpaired) electrons. The number of carbonyl (C=O) groups is 3. The van der Waals surface area contributed by atoms with E-state index < -0.39 is 5.97 Å². The smallest absolute Gasteiger partial charge is 0.335 e. The van der Waals surface area contributed by atoms with E-state index in [1.54, 1.807) is 42.7 Å². The van der Waals surface area contributed by atoms with E-state index in [2.05, 4.69) is 16.9 Å². The zero-order valence-electron chi connectivity index (χ0n) is 21.8. The Hall–Kier alpha value is -4.27. The molecule has 3 aromatic rings. The third kappa shape index (κ3) is 5.99. The molecule has 3 amide bonds. The fraction of sp³-hybridized carbons (Fsp3) is 0.345. The largest absolute Gasteiger partial charge is 0.478 e. The number of carboxylic acids is 1. The van der Waals surface area contributed by atoms with Gasteiger partial charge in [-0.2, -0.15) is 0 Å². The van der Waals surface area contributed by atoms with Crippen molar-refractivity contribution in [2.45, 2.75) is 59.0 Å². The molecule has 9 heteroatoms. The molecule has 0 unspecified atom stereocenters. The molecule has 3 heterocycles. The Balaban J connectivity index is 1.72. The first-order valence-electron chi connectivity index (χ1n) is 13.0. The summed E-state index contributed by atoms with van der Waals surface area (Å²) in [4.78, 5) is 49.9. The lowest BCUT2D eigenvalue weighted by Crippen LogP contribution is -2.33. The lowest BCUT2D eigenvalue weighted by Gasteiger charge is -2.17. The minimum Gasteiger partial charge on any atom is -0.478 e. The second-order valence-corrected chi connectivity index (χ2v) is 9.32. The van der Waals surface area contributed by atoms with Gasteiger partial charge in [-0.3, -0.25) is 19.6 Å². The summed E-state index contributed by atoms with van der Waals surface area (Å²) in [7, 11) is 0. The maximum Gasteiger partial charge on any atom is 0.335 e. The van der Waals surface area contributed by atoms with Gasteiger partial charge in [0.1, 0.15) is 11.5 Å². The first kappa shape index (κ1) is 26.8. The molecule has 1 aromatic carbocycles. The van der Waals surface area contributed by atoms with E-state index >= 15 is 0 Å². The van der Waals surface area contributed by atoms with Crippen molar-refractivity contribution in [1.82, 2.24) is 24.3 Å². The number of hydrogen-bond acceptors (Lipinski definition) is 5. The number of imidazole rings is 1. The Morgan fingerprint density at radius 2 is 1.71 bits per heavy atom. The average Bonchev–Trinajstić information content (AvgIpc) is 3.40. The molecule has 1 aliphatic heterocycles. The summed E-state index contributed by atoms with van der Waals surface area (Å²) in [6, 6.07) is 11.9. The van der Waals surface area contributed by atoms with Crippen LogP contribution >= 0.6 is 0 Å². The van der Waals surface area contributed by atoms with Crippen LogP contribution in [0.5, 0.6) is 0 Å². The molecule has 0 saturated carbocycles. The Kier molecular flexibility index (Phi) is 8.68. The van der Waals surface area contributed by atoms with Crippen LogP contribution in [0.2, 0.25) is 0 Å². The predicted molar refractivity (Wildman–Crippen MR) is 143 cm³/mol. The van der Waals surface area contributed by atoms with Gasteiger partial charge in [-0.05, 0) is 48.7 Å². The summed E-state index contributed by atoms with van der Waals surface area (Å²) in [6.07, 6.45) is 9.46. The molecule has 1 aliphatic rings. The van der Waals surface area contributed by atoms with Crippen LogP contribution in [0.3, 0.4) is 0 Å². The number of aromatic nitrogens is 3. The number of carbonyl (C=O) groups excluding carboxylic acids is 2. The number of unbranched alkanes of at least 4 members (excludes halogenated alkanes) is 2. The minimum atomic E-state index is -0.974. The lowest BCUT2D eigenvalue weighted by molar-refractivity contribution is -0.123. The van der Waals surface area contributed by atoms with Crippen molar-refractivity contribution in [1.29, 1.82) is 0 Å². The van der Waals surface area contributed by atoms with E-state index in [4.69, 9.17) is 0 Å². The summed E-state index contributed by atoms with van der Waals surface area (Å²) in [5.74, 6) is -0.428. The van der Waals surface area contributed by atoms with E-state index in [0.717, 1.165) is 43.5 Å². The molecule has 1 saturated heterocycles. The van der Waals surface area contributed by atoms with Crippen LogP contribution < -0.4 is 0 Å². The molecular formula is C29H33N5O4. The third-order valence-corrected chi connectivity index (χ3v) is 6.55. The van der Waals surface area contributed by atoms with E-state index in [1.165, 1.54) is 9.80 Å². The van der Waals surface area contributed by atoms with Crippen LogP contribution in [0.1, 0.15) is 72.7 Å². The van der Waals surface area contributed by atoms with Crippen molar-refractivity contribution in [2.75, 3.05) is 6.54 Å². The summed E-state index contributed by atoms with van der Waals surface area (Å²) >= 11 is 0. The number of aromatic carboxylic acids is 1. The number of aryl methyl sites for hydroxylation is 1. The van der Waals surface area contributed by atoms with Gasteiger partial charge in [-0.25, -0.2) is 14.6 Å². The van der Waals surface area contributed by atoms with Gasteiger partial charge in [0.15, 0.2) is 0 Å². The van der Waals surface area contributed by atoms with Crippen molar-refractivity contribution in [3.63, 3.8) is 0 Å². The van der Waals surface area contributed by atoms with Gasteiger partial charge < -0.3 is 9.67 Å². The normalized spacial score (nSPS) is 14.6. The standard InChI is InChI=1S/C29H33N5O4/c1-3-5-10-26-31-18-24(33(26)19-21-11-13-22(14-12-21)28(36)37)17-25-27(35)32(16-6-4-2)29(38)34(25)20-23-9-7-8-15-30-23/h7-9,11-15,17-18H,3-6,10,16,19-20H2,1-2H3,(H,36,37)/b25-17-. The van der Waals surface area contributed by atoms with Crippen molar-refractivity contribution in [3.05, 3.63) is 88.9 Å². The maximum absolute atomic E-state index is 13.5. The number of carboxylic acid groups (broad SMARTS) is 1. The van der Waals surface area contributed by atoms with E-state index in [0.29, 0.717) is 30.2 Å². The van der Waals surface area contributed by atoms with Gasteiger partial charge in [0.05, 0.1) is 29.7 Å². The molecule has 0 atom stereocenters. The predicted octanol–water partition coefficient (Wildman–Crippen LogP) is 4.97. The highest BCUT2D eigenvalue weighted by Crippen LogP contribution is 2.27. The van der Waals surface area contributed by atoms with Crippen LogP contribution in [0.4, 0.5) is 4.79 Å². The van der Waals surface area contributed by atoms with Gasteiger partial charge in [-0.15, -0.1) is 0 Å². The number of benzene rings is 1. The van der Waals surface area contributed by atoms with Crippen LogP contribution in [-0.2, 0) is 24.3 Å². The highest BCUT2D eigenvalue weighted by molar-refractivity contribution is 6.13. The first-order chi connectivity index (χ1) is 18.4. The summed E-state index contributed by atoms with van der Waals surface area (Å²) in [5, 5.41) is 9.23. The number of amides is 3. The molecule has 9 nitrogen and oxygen atoms in total. The number of hydrogen-bond donors (Lipinski definition) is 1. The highest BCUT2D eigenvalue weighted by atomic mass is 16.4. The number of urea groups is 1. The quantitative estimate of drug-likeness (QED) is 0.269. The van der Waals surface area contributed by atoms with Crippen LogP contribution in [0, 0.1) is 0 Å². The van der Waals surface area contributed by atoms with Crippen molar-refractivity contribution >= 4 is 24.0 Å². The average molecular weight is 516 g/mol. The van der Waals surface area contributed by atoms with Gasteiger partial charge in [-0.1, -0.05) is 44.9 Å². The Morgan fingerprint density at radius 1 is 0.947 bits per heavy atom. The molecule has 1 N–H and O–H groups in total. The monoisotopic (exact) mass is 515 g/mol. The fourth-order valence-electron chi connectivity index (χ4n) is 4.39. The molecule has 4 rings (SSSR count). The molecule has 2 aromatic heterocycles. The Bertz CT molecular complexity index is 1310. The molecule has 38 heavy (non-hydrogen) atoms. The molecule has 1 fully saturated rings. The molecule has 0 aliphatic carbocycles. The topological polar surface area (TPSA) is 109 Å². The number of pyridine rings is 1. The van der Waals surface area contributed by atoms with Crippen molar-refractivity contribution in [3.8, 4) is 0 Å². The Morgan fingerprint density at radius 3 is 2.37 bits per heavy atom. The summed E-state index contributed by atoms with van der Waals surface area (Å²) in [6.45, 7) is 5.14. The van der Waals surface area contributed by atoms with Gasteiger partial charge in [0.25, 0.3) is 5.91 Å². The summed E-state index contributed by atoms with van der Waals surface area (Å²) in [5.41, 5.74) is 2.82. The first-order valence-corrected chi connectivity index (χ1v) is 13.0. The van der Waals surface area contributed by atoms with Crippen LogP contribution in [-0.4, -0.2) is 53.9 Å². The highest BCUT2D eigenvalue weighted by Gasteiger charge is 2.40. The Labute approximate surface area is 222 Å². The molecule has 0 spiro atoms. The van der Waals surface area contributed by atoms with Gasteiger partial charge >= 0.3 is 12.0 Å². The minimum absolute atomic E-state index is 0.188. The number of rotatable bonds is 12. The number of imide groups is 1. The van der Waals surface area contributed by atoms with Gasteiger partial charge in [0, 0.05) is 25.7 Å². The molecule has 198 valence electrons. The van der Waals surface area contributed by atoms with E-state index in [-0.39, 0.29) is 24.0 Å². The lowest BCUT2D eigenvalue weighted by atomic mass is 10.1. The fourth-order valence-corrected chi connectivity index (χ4v) is 4.39. The van der Waals surface area contributed by atoms with E-state index in [1.807, 2.05) is 29.7 Å². The second kappa shape index (κ2) is 12.3. The second-order valence-electron chi connectivity index (χ2n) is 9.32. The zero-order valence-corrected chi connectivity index (χ0v) is 21.8. The zero-order chi connectivity index (χ0) is 27.1. The van der Waals surface area contributed by atoms with Gasteiger partial charge in [0.2, 0.25) is 0 Å². The van der Waals surface area contributed by atoms with E-state index in [9.17, 15) is 19.5 Å². The van der Waals surface area contributed by atoms with Crippen molar-refractivity contribution in [2.24, 2.45) is 0 Å². The SMILES string of the molecule is CCCCc1ncc(/C=C2/C(=O)N(CCCC)C(=O)N2Cc2ccccn2)n1Cc1ccc(C(=O)O)cc1.